The Balaban J connectivity index is 1.80. The van der Waals surface area contributed by atoms with Crippen LogP contribution in [0.3, 0.4) is 0 Å². The maximum absolute atomic E-state index is 11.7. The third-order valence-electron chi connectivity index (χ3n) is 5.32. The van der Waals surface area contributed by atoms with E-state index in [-0.39, 0.29) is 6.09 Å². The molecule has 0 radical (unpaired) electrons. The van der Waals surface area contributed by atoms with E-state index in [1.807, 2.05) is 11.8 Å². The number of hydrogen-bond donors (Lipinski definition) is 0. The van der Waals surface area contributed by atoms with Crippen LogP contribution in [0.25, 0.3) is 0 Å². The zero-order valence-corrected chi connectivity index (χ0v) is 14.0. The Morgan fingerprint density at radius 1 is 1.19 bits per heavy atom. The van der Waals surface area contributed by atoms with Crippen LogP contribution in [0.15, 0.2) is 0 Å². The second-order valence-corrected chi connectivity index (χ2v) is 6.59. The van der Waals surface area contributed by atoms with Gasteiger partial charge in [0, 0.05) is 31.2 Å². The fourth-order valence-electron chi connectivity index (χ4n) is 3.60. The van der Waals surface area contributed by atoms with Gasteiger partial charge in [-0.1, -0.05) is 0 Å². The summed E-state index contributed by atoms with van der Waals surface area (Å²) in [4.78, 5) is 18.6. The summed E-state index contributed by atoms with van der Waals surface area (Å²) < 4.78 is 5.09. The molecule has 5 nitrogen and oxygen atoms in total. The molecule has 2 aliphatic rings. The first-order chi connectivity index (χ1) is 10.0. The average Bonchev–Trinajstić information content (AvgIpc) is 2.50. The van der Waals surface area contributed by atoms with Crippen molar-refractivity contribution in [2.75, 3.05) is 40.3 Å². The molecule has 0 saturated carbocycles. The van der Waals surface area contributed by atoms with Crippen LogP contribution in [0.2, 0.25) is 0 Å². The van der Waals surface area contributed by atoms with E-state index < -0.39 is 0 Å². The molecule has 5 heteroatoms. The Labute approximate surface area is 129 Å². The minimum absolute atomic E-state index is 0.147. The molecule has 0 aromatic rings. The number of hydrogen-bond acceptors (Lipinski definition) is 4. The minimum Gasteiger partial charge on any atom is -0.450 e. The second-order valence-electron chi connectivity index (χ2n) is 6.59. The predicted molar refractivity (Wildman–Crippen MR) is 84.5 cm³/mol. The standard InChI is InChI=1S/C16H31N3O2/c1-5-21-16(20)19-10-7-14(8-11-19)18(4)15-6-9-17(3)13(2)12-15/h13-15H,5-12H2,1-4H3/t13-,15+/m1/s1. The van der Waals surface area contributed by atoms with Gasteiger partial charge in [0.2, 0.25) is 0 Å². The largest absolute Gasteiger partial charge is 0.450 e. The Morgan fingerprint density at radius 2 is 1.81 bits per heavy atom. The van der Waals surface area contributed by atoms with E-state index in [0.717, 1.165) is 25.9 Å². The van der Waals surface area contributed by atoms with Gasteiger partial charge in [-0.15, -0.1) is 0 Å². The molecule has 2 fully saturated rings. The molecule has 0 unspecified atom stereocenters. The van der Waals surface area contributed by atoms with Crippen molar-refractivity contribution in [2.24, 2.45) is 0 Å². The highest BCUT2D eigenvalue weighted by Gasteiger charge is 2.32. The first kappa shape index (κ1) is 16.6. The van der Waals surface area contributed by atoms with Gasteiger partial charge in [-0.2, -0.15) is 0 Å². The van der Waals surface area contributed by atoms with Crippen molar-refractivity contribution in [1.82, 2.24) is 14.7 Å². The monoisotopic (exact) mass is 297 g/mol. The lowest BCUT2D eigenvalue weighted by atomic mass is 9.94. The Kier molecular flexibility index (Phi) is 5.88. The first-order valence-electron chi connectivity index (χ1n) is 8.36. The lowest BCUT2D eigenvalue weighted by molar-refractivity contribution is 0.0436. The smallest absolute Gasteiger partial charge is 0.409 e. The molecule has 122 valence electrons. The fourth-order valence-corrected chi connectivity index (χ4v) is 3.60. The normalized spacial score (nSPS) is 28.9. The van der Waals surface area contributed by atoms with Crippen LogP contribution in [-0.4, -0.2) is 79.3 Å². The lowest BCUT2D eigenvalue weighted by Crippen LogP contribution is -2.52. The van der Waals surface area contributed by atoms with Gasteiger partial charge >= 0.3 is 6.09 Å². The van der Waals surface area contributed by atoms with Crippen molar-refractivity contribution in [3.63, 3.8) is 0 Å². The molecule has 0 aromatic heterocycles. The Hall–Kier alpha value is -0.810. The molecule has 0 spiro atoms. The molecule has 0 aromatic carbocycles. The predicted octanol–water partition coefficient (Wildman–Crippen LogP) is 2.02. The van der Waals surface area contributed by atoms with Gasteiger partial charge in [0.05, 0.1) is 6.61 Å². The molecule has 2 saturated heterocycles. The zero-order valence-electron chi connectivity index (χ0n) is 14.0. The third-order valence-corrected chi connectivity index (χ3v) is 5.32. The number of carbonyl (C=O) groups excluding carboxylic acids is 1. The molecule has 1 amide bonds. The van der Waals surface area contributed by atoms with E-state index in [1.165, 1.54) is 19.4 Å². The van der Waals surface area contributed by atoms with Crippen LogP contribution < -0.4 is 0 Å². The van der Waals surface area contributed by atoms with Gasteiger partial charge < -0.3 is 19.4 Å². The van der Waals surface area contributed by atoms with E-state index in [4.69, 9.17) is 4.74 Å². The fraction of sp³-hybridized carbons (Fsp3) is 0.938. The van der Waals surface area contributed by atoms with Crippen molar-refractivity contribution in [2.45, 2.75) is 57.7 Å². The van der Waals surface area contributed by atoms with Gasteiger partial charge in [0.1, 0.15) is 0 Å². The molecule has 21 heavy (non-hydrogen) atoms. The summed E-state index contributed by atoms with van der Waals surface area (Å²) in [7, 11) is 4.49. The minimum atomic E-state index is -0.147. The maximum atomic E-state index is 11.7. The van der Waals surface area contributed by atoms with Gasteiger partial charge in [-0.05, 0) is 60.2 Å². The summed E-state index contributed by atoms with van der Waals surface area (Å²) in [6.45, 7) is 7.50. The summed E-state index contributed by atoms with van der Waals surface area (Å²) in [6, 6.07) is 1.97. The molecule has 2 rings (SSSR count). The third kappa shape index (κ3) is 4.10. The highest BCUT2D eigenvalue weighted by molar-refractivity contribution is 5.67. The number of rotatable bonds is 3. The Bertz CT molecular complexity index is 342. The highest BCUT2D eigenvalue weighted by Crippen LogP contribution is 2.25. The van der Waals surface area contributed by atoms with Crippen molar-refractivity contribution < 1.29 is 9.53 Å². The molecule has 2 heterocycles. The van der Waals surface area contributed by atoms with Crippen LogP contribution in [0.1, 0.15) is 39.5 Å². The lowest BCUT2D eigenvalue weighted by Gasteiger charge is -2.44. The highest BCUT2D eigenvalue weighted by atomic mass is 16.6. The number of ether oxygens (including phenoxy) is 1. The number of piperidine rings is 2. The summed E-state index contributed by atoms with van der Waals surface area (Å²) in [5, 5.41) is 0. The topological polar surface area (TPSA) is 36.0 Å². The summed E-state index contributed by atoms with van der Waals surface area (Å²) in [6.07, 6.45) is 4.50. The van der Waals surface area contributed by atoms with E-state index in [0.29, 0.717) is 24.7 Å². The van der Waals surface area contributed by atoms with Crippen LogP contribution >= 0.6 is 0 Å². The summed E-state index contributed by atoms with van der Waals surface area (Å²) >= 11 is 0. The van der Waals surface area contributed by atoms with Gasteiger partial charge in [0.25, 0.3) is 0 Å². The van der Waals surface area contributed by atoms with Crippen molar-refractivity contribution in [3.05, 3.63) is 0 Å². The second kappa shape index (κ2) is 7.45. The SMILES string of the molecule is CCOC(=O)N1CCC(N(C)[C@H]2CCN(C)[C@H](C)C2)CC1. The van der Waals surface area contributed by atoms with Gasteiger partial charge in [-0.3, -0.25) is 0 Å². The molecular weight excluding hydrogens is 266 g/mol. The van der Waals surface area contributed by atoms with E-state index in [1.54, 1.807) is 0 Å². The van der Waals surface area contributed by atoms with Crippen molar-refractivity contribution in [1.29, 1.82) is 0 Å². The molecule has 0 N–H and O–H groups in total. The number of likely N-dealkylation sites (tertiary alicyclic amines) is 2. The van der Waals surface area contributed by atoms with E-state index in [9.17, 15) is 4.79 Å². The van der Waals surface area contributed by atoms with Gasteiger partial charge in [0.15, 0.2) is 0 Å². The maximum Gasteiger partial charge on any atom is 0.409 e. The Morgan fingerprint density at radius 3 is 2.38 bits per heavy atom. The number of amides is 1. The molecule has 0 aliphatic carbocycles. The quantitative estimate of drug-likeness (QED) is 0.798. The van der Waals surface area contributed by atoms with Crippen LogP contribution in [0, 0.1) is 0 Å². The zero-order chi connectivity index (χ0) is 15.4. The van der Waals surface area contributed by atoms with Gasteiger partial charge in [-0.25, -0.2) is 4.79 Å². The van der Waals surface area contributed by atoms with E-state index in [2.05, 4.69) is 30.8 Å². The van der Waals surface area contributed by atoms with Crippen LogP contribution in [-0.2, 0) is 4.74 Å². The molecule has 2 atom stereocenters. The molecule has 0 bridgehead atoms. The van der Waals surface area contributed by atoms with Crippen molar-refractivity contribution in [3.8, 4) is 0 Å². The number of nitrogens with zero attached hydrogens (tertiary/aromatic N) is 3. The number of carbonyl (C=O) groups is 1. The average molecular weight is 297 g/mol. The first-order valence-corrected chi connectivity index (χ1v) is 8.36. The van der Waals surface area contributed by atoms with Crippen molar-refractivity contribution >= 4 is 6.09 Å². The summed E-state index contributed by atoms with van der Waals surface area (Å²) in [5.74, 6) is 0. The molecular formula is C16H31N3O2. The summed E-state index contributed by atoms with van der Waals surface area (Å²) in [5.41, 5.74) is 0. The molecule has 2 aliphatic heterocycles. The van der Waals surface area contributed by atoms with Crippen LogP contribution in [0.5, 0.6) is 0 Å². The van der Waals surface area contributed by atoms with Crippen LogP contribution in [0.4, 0.5) is 4.79 Å². The van der Waals surface area contributed by atoms with E-state index >= 15 is 0 Å².